The second kappa shape index (κ2) is 19.7. The van der Waals surface area contributed by atoms with E-state index in [0.717, 1.165) is 11.8 Å². The lowest BCUT2D eigenvalue weighted by Crippen LogP contribution is -2.35. The van der Waals surface area contributed by atoms with E-state index in [9.17, 15) is 0 Å². The highest BCUT2D eigenvalue weighted by Gasteiger charge is 2.21. The first-order valence-corrected chi connectivity index (χ1v) is 14.2. The van der Waals surface area contributed by atoms with Crippen molar-refractivity contribution in [2.75, 3.05) is 39.8 Å². The van der Waals surface area contributed by atoms with Crippen LogP contribution in [-0.4, -0.2) is 49.6 Å². The second-order valence-corrected chi connectivity index (χ2v) is 10.9. The minimum atomic E-state index is 0. The molecule has 0 aliphatic carbocycles. The number of rotatable bonds is 17. The molecule has 0 saturated carbocycles. The monoisotopic (exact) mass is 456 g/mol. The molecule has 2 fully saturated rings. The van der Waals surface area contributed by atoms with E-state index in [1.54, 1.807) is 0 Å². The third-order valence-corrected chi connectivity index (χ3v) is 8.11. The Hall–Kier alpha value is 0.210. The third-order valence-electron chi connectivity index (χ3n) is 8.11. The zero-order valence-corrected chi connectivity index (χ0v) is 22.2. The van der Waals surface area contributed by atoms with Crippen LogP contribution in [0.2, 0.25) is 0 Å². The average Bonchev–Trinajstić information content (AvgIpc) is 2.77. The molecule has 3 heteroatoms. The zero-order valence-electron chi connectivity index (χ0n) is 21.4. The number of hydrogen-bond donors (Lipinski definition) is 0. The van der Waals surface area contributed by atoms with Crippen molar-refractivity contribution in [2.45, 2.75) is 129 Å². The van der Waals surface area contributed by atoms with Gasteiger partial charge < -0.3 is 9.80 Å². The van der Waals surface area contributed by atoms with Gasteiger partial charge in [0.05, 0.1) is 0 Å². The minimum Gasteiger partial charge on any atom is -0.306 e. The van der Waals surface area contributed by atoms with Gasteiger partial charge in [0.25, 0.3) is 0 Å². The van der Waals surface area contributed by atoms with Crippen molar-refractivity contribution in [1.82, 2.24) is 9.80 Å². The van der Waals surface area contributed by atoms with Crippen LogP contribution in [0.5, 0.6) is 0 Å². The standard InChI is InChI=1S/C28H56N2.ClH/c1-3-4-5-6-7-8-9-10-11-12-13-14-15-22-30-25-20-28(21-26-30)17-16-27-18-23-29(2)24-19-27;/h27-28H,3-26H2,1-2H3;1H. The summed E-state index contributed by atoms with van der Waals surface area (Å²) in [6.45, 7) is 9.12. The number of likely N-dealkylation sites (tertiary alicyclic amines) is 2. The normalized spacial score (nSPS) is 19.5. The lowest BCUT2D eigenvalue weighted by molar-refractivity contribution is 0.159. The van der Waals surface area contributed by atoms with Crippen molar-refractivity contribution in [2.24, 2.45) is 11.8 Å². The molecule has 0 spiro atoms. The fraction of sp³-hybridized carbons (Fsp3) is 1.00. The molecule has 2 aliphatic heterocycles. The Morgan fingerprint density at radius 3 is 1.39 bits per heavy atom. The van der Waals surface area contributed by atoms with E-state index in [4.69, 9.17) is 0 Å². The largest absolute Gasteiger partial charge is 0.306 e. The Bertz CT molecular complexity index is 373. The third kappa shape index (κ3) is 14.9. The van der Waals surface area contributed by atoms with Gasteiger partial charge in [-0.15, -0.1) is 12.4 Å². The summed E-state index contributed by atoms with van der Waals surface area (Å²) in [6, 6.07) is 0. The Labute approximate surface area is 202 Å². The number of hydrogen-bond acceptors (Lipinski definition) is 2. The lowest BCUT2D eigenvalue weighted by Gasteiger charge is -2.34. The summed E-state index contributed by atoms with van der Waals surface area (Å²) in [5.74, 6) is 2.07. The minimum absolute atomic E-state index is 0. The van der Waals surface area contributed by atoms with Gasteiger partial charge in [-0.25, -0.2) is 0 Å². The summed E-state index contributed by atoms with van der Waals surface area (Å²) >= 11 is 0. The molecule has 0 N–H and O–H groups in total. The van der Waals surface area contributed by atoms with E-state index >= 15 is 0 Å². The quantitative estimate of drug-likeness (QED) is 0.203. The smallest absolute Gasteiger partial charge is 0.00161 e. The number of nitrogens with zero attached hydrogens (tertiary/aromatic N) is 2. The maximum absolute atomic E-state index is 2.77. The van der Waals surface area contributed by atoms with Crippen LogP contribution in [0, 0.1) is 11.8 Å². The Morgan fingerprint density at radius 1 is 0.548 bits per heavy atom. The summed E-state index contributed by atoms with van der Waals surface area (Å²) in [4.78, 5) is 5.27. The van der Waals surface area contributed by atoms with Crippen LogP contribution >= 0.6 is 12.4 Å². The van der Waals surface area contributed by atoms with Crippen LogP contribution < -0.4 is 0 Å². The van der Waals surface area contributed by atoms with Gasteiger partial charge >= 0.3 is 0 Å². The number of piperidine rings is 2. The van der Waals surface area contributed by atoms with Crippen LogP contribution in [0.1, 0.15) is 129 Å². The van der Waals surface area contributed by atoms with Gasteiger partial charge in [0, 0.05) is 0 Å². The molecule has 0 radical (unpaired) electrons. The molecule has 0 unspecified atom stereocenters. The van der Waals surface area contributed by atoms with Crippen LogP contribution in [0.15, 0.2) is 0 Å². The first-order valence-electron chi connectivity index (χ1n) is 14.2. The van der Waals surface area contributed by atoms with Crippen LogP contribution in [0.3, 0.4) is 0 Å². The molecule has 0 aromatic heterocycles. The van der Waals surface area contributed by atoms with Gasteiger partial charge in [0.2, 0.25) is 0 Å². The van der Waals surface area contributed by atoms with Gasteiger partial charge in [0.1, 0.15) is 0 Å². The Balaban J connectivity index is 0.00000480. The Kier molecular flexibility index (Phi) is 18.5. The van der Waals surface area contributed by atoms with Gasteiger partial charge in [-0.05, 0) is 83.7 Å². The van der Waals surface area contributed by atoms with Gasteiger partial charge in [-0.3, -0.25) is 0 Å². The molecule has 2 aliphatic rings. The second-order valence-electron chi connectivity index (χ2n) is 10.9. The maximum Gasteiger partial charge on any atom is -0.00161 e. The lowest BCUT2D eigenvalue weighted by atomic mass is 9.85. The molecule has 0 amide bonds. The molecule has 2 rings (SSSR count). The van der Waals surface area contributed by atoms with E-state index in [-0.39, 0.29) is 12.4 Å². The summed E-state index contributed by atoms with van der Waals surface area (Å²) in [5.41, 5.74) is 0. The van der Waals surface area contributed by atoms with E-state index in [2.05, 4.69) is 23.8 Å². The van der Waals surface area contributed by atoms with Crippen molar-refractivity contribution in [3.63, 3.8) is 0 Å². The molecule has 2 nitrogen and oxygen atoms in total. The molecule has 0 bridgehead atoms. The fourth-order valence-corrected chi connectivity index (χ4v) is 5.67. The van der Waals surface area contributed by atoms with E-state index < -0.39 is 0 Å². The average molecular weight is 457 g/mol. The van der Waals surface area contributed by atoms with Crippen molar-refractivity contribution in [3.8, 4) is 0 Å². The molecule has 2 saturated heterocycles. The van der Waals surface area contributed by atoms with E-state index in [1.807, 2.05) is 0 Å². The zero-order chi connectivity index (χ0) is 21.3. The summed E-state index contributed by atoms with van der Waals surface area (Å²) in [7, 11) is 2.28. The summed E-state index contributed by atoms with van der Waals surface area (Å²) < 4.78 is 0. The first-order chi connectivity index (χ1) is 14.8. The molecule has 0 aromatic carbocycles. The van der Waals surface area contributed by atoms with Gasteiger partial charge in [-0.2, -0.15) is 0 Å². The molecule has 0 aromatic rings. The van der Waals surface area contributed by atoms with E-state index in [1.165, 1.54) is 155 Å². The van der Waals surface area contributed by atoms with Crippen LogP contribution in [-0.2, 0) is 0 Å². The SMILES string of the molecule is CCCCCCCCCCCCCCCN1CCC(CCC2CCN(C)CC2)CC1.Cl. The topological polar surface area (TPSA) is 6.48 Å². The van der Waals surface area contributed by atoms with Crippen molar-refractivity contribution < 1.29 is 0 Å². The summed E-state index contributed by atoms with van der Waals surface area (Å²) in [6.07, 6.45) is 27.9. The van der Waals surface area contributed by atoms with Gasteiger partial charge in [0.15, 0.2) is 0 Å². The number of unbranched alkanes of at least 4 members (excludes halogenated alkanes) is 12. The van der Waals surface area contributed by atoms with Crippen LogP contribution in [0.25, 0.3) is 0 Å². The Morgan fingerprint density at radius 2 is 0.935 bits per heavy atom. The highest BCUT2D eigenvalue weighted by Crippen LogP contribution is 2.28. The fourth-order valence-electron chi connectivity index (χ4n) is 5.67. The molecule has 2 heterocycles. The van der Waals surface area contributed by atoms with Crippen molar-refractivity contribution in [1.29, 1.82) is 0 Å². The first kappa shape index (κ1) is 29.2. The predicted molar refractivity (Wildman–Crippen MR) is 142 cm³/mol. The van der Waals surface area contributed by atoms with E-state index in [0.29, 0.717) is 0 Å². The number of halogens is 1. The molecule has 31 heavy (non-hydrogen) atoms. The molecule has 0 atom stereocenters. The van der Waals surface area contributed by atoms with Crippen LogP contribution in [0.4, 0.5) is 0 Å². The maximum atomic E-state index is 2.77. The molecule has 186 valence electrons. The van der Waals surface area contributed by atoms with Crippen molar-refractivity contribution >= 4 is 12.4 Å². The highest BCUT2D eigenvalue weighted by atomic mass is 35.5. The highest BCUT2D eigenvalue weighted by molar-refractivity contribution is 5.85. The molecular weight excluding hydrogens is 400 g/mol. The summed E-state index contributed by atoms with van der Waals surface area (Å²) in [5, 5.41) is 0. The predicted octanol–water partition coefficient (Wildman–Crippen LogP) is 8.33. The van der Waals surface area contributed by atoms with Crippen molar-refractivity contribution in [3.05, 3.63) is 0 Å². The van der Waals surface area contributed by atoms with Gasteiger partial charge in [-0.1, -0.05) is 96.8 Å². The molecular formula is C28H57ClN2.